The van der Waals surface area contributed by atoms with Gasteiger partial charge >= 0.3 is 0 Å². The van der Waals surface area contributed by atoms with Gasteiger partial charge in [-0.3, -0.25) is 0 Å². The molecular weight excluding hydrogens is 136 g/mol. The molecule has 0 aliphatic heterocycles. The van der Waals surface area contributed by atoms with Gasteiger partial charge in [-0.15, -0.1) is 0 Å². The zero-order valence-electron chi connectivity index (χ0n) is 8.19. The molecule has 0 unspecified atom stereocenters. The lowest BCUT2D eigenvalue weighted by molar-refractivity contribution is 0.332. The molecule has 11 heavy (non-hydrogen) atoms. The fraction of sp³-hybridized carbons (Fsp3) is 1.00. The predicted octanol–water partition coefficient (Wildman–Crippen LogP) is 1.33. The number of hydrogen-bond acceptors (Lipinski definition) is 2. The van der Waals surface area contributed by atoms with Gasteiger partial charge in [0.15, 0.2) is 0 Å². The average Bonchev–Trinajstić information content (AvgIpc) is 1.99. The first kappa shape index (κ1) is 10.9. The van der Waals surface area contributed by atoms with E-state index >= 15 is 0 Å². The zero-order valence-corrected chi connectivity index (χ0v) is 8.19. The number of nitrogens with one attached hydrogen (secondary N) is 1. The smallest absolute Gasteiger partial charge is 0.0104 e. The maximum Gasteiger partial charge on any atom is 0.0104 e. The van der Waals surface area contributed by atoms with Crippen molar-refractivity contribution >= 4 is 0 Å². The number of nitrogens with zero attached hydrogens (tertiary/aromatic N) is 1. The molecule has 0 aliphatic carbocycles. The Hall–Kier alpha value is -0.0800. The summed E-state index contributed by atoms with van der Waals surface area (Å²) in [5, 5.41) is 3.38. The Morgan fingerprint density at radius 3 is 2.27 bits per heavy atom. The standard InChI is InChI=1S/C9H22N2/c1-4-6-10-7-9-11(3)8-5-2/h10H,4-9H2,1-3H3. The Labute approximate surface area is 71.0 Å². The van der Waals surface area contributed by atoms with E-state index in [2.05, 4.69) is 31.1 Å². The lowest BCUT2D eigenvalue weighted by Gasteiger charge is -2.15. The molecule has 1 N–H and O–H groups in total. The van der Waals surface area contributed by atoms with Crippen LogP contribution < -0.4 is 5.32 Å². The van der Waals surface area contributed by atoms with Crippen LogP contribution in [0.5, 0.6) is 0 Å². The molecule has 0 heterocycles. The molecule has 0 aliphatic rings. The second-order valence-corrected chi connectivity index (χ2v) is 3.05. The molecule has 2 nitrogen and oxygen atoms in total. The van der Waals surface area contributed by atoms with Crippen molar-refractivity contribution in [3.63, 3.8) is 0 Å². The molecule has 0 saturated heterocycles. The summed E-state index contributed by atoms with van der Waals surface area (Å²) in [7, 11) is 2.18. The quantitative estimate of drug-likeness (QED) is 0.562. The van der Waals surface area contributed by atoms with Crippen LogP contribution >= 0.6 is 0 Å². The van der Waals surface area contributed by atoms with E-state index in [1.807, 2.05) is 0 Å². The van der Waals surface area contributed by atoms with Gasteiger partial charge in [-0.2, -0.15) is 0 Å². The third-order valence-corrected chi connectivity index (χ3v) is 1.70. The maximum atomic E-state index is 3.38. The van der Waals surface area contributed by atoms with E-state index in [0.29, 0.717) is 0 Å². The van der Waals surface area contributed by atoms with E-state index in [4.69, 9.17) is 0 Å². The summed E-state index contributed by atoms with van der Waals surface area (Å²) < 4.78 is 0. The van der Waals surface area contributed by atoms with Crippen LogP contribution in [0.15, 0.2) is 0 Å². The van der Waals surface area contributed by atoms with Gasteiger partial charge in [0.25, 0.3) is 0 Å². The number of rotatable bonds is 7. The Morgan fingerprint density at radius 2 is 1.73 bits per heavy atom. The molecule has 0 atom stereocenters. The van der Waals surface area contributed by atoms with Crippen molar-refractivity contribution in [2.45, 2.75) is 26.7 Å². The number of hydrogen-bond donors (Lipinski definition) is 1. The van der Waals surface area contributed by atoms with Crippen LogP contribution in [0, 0.1) is 0 Å². The highest BCUT2D eigenvalue weighted by Gasteiger charge is 1.93. The summed E-state index contributed by atoms with van der Waals surface area (Å²) in [4.78, 5) is 2.36. The van der Waals surface area contributed by atoms with E-state index in [9.17, 15) is 0 Å². The van der Waals surface area contributed by atoms with Crippen LogP contribution in [0.4, 0.5) is 0 Å². The minimum atomic E-state index is 1.13. The minimum Gasteiger partial charge on any atom is -0.315 e. The van der Waals surface area contributed by atoms with Crippen molar-refractivity contribution in [1.29, 1.82) is 0 Å². The average molecular weight is 158 g/mol. The molecule has 2 heteroatoms. The fourth-order valence-corrected chi connectivity index (χ4v) is 1.07. The minimum absolute atomic E-state index is 1.13. The zero-order chi connectivity index (χ0) is 8.53. The van der Waals surface area contributed by atoms with E-state index in [1.54, 1.807) is 0 Å². The SMILES string of the molecule is CCCNCCN(C)CCC. The molecule has 0 spiro atoms. The second-order valence-electron chi connectivity index (χ2n) is 3.05. The van der Waals surface area contributed by atoms with Gasteiger partial charge in [0.1, 0.15) is 0 Å². The summed E-state index contributed by atoms with van der Waals surface area (Å²) in [6.07, 6.45) is 2.49. The Kier molecular flexibility index (Phi) is 7.96. The maximum absolute atomic E-state index is 3.38. The summed E-state index contributed by atoms with van der Waals surface area (Å²) in [5.41, 5.74) is 0. The molecule has 0 radical (unpaired) electrons. The van der Waals surface area contributed by atoms with Crippen LogP contribution in [-0.2, 0) is 0 Å². The molecule has 0 aromatic rings. The van der Waals surface area contributed by atoms with Crippen molar-refractivity contribution in [1.82, 2.24) is 10.2 Å². The first-order valence-corrected chi connectivity index (χ1v) is 4.70. The van der Waals surface area contributed by atoms with Crippen molar-refractivity contribution in [2.24, 2.45) is 0 Å². The van der Waals surface area contributed by atoms with E-state index in [-0.39, 0.29) is 0 Å². The van der Waals surface area contributed by atoms with Crippen LogP contribution in [0.25, 0.3) is 0 Å². The fourth-order valence-electron chi connectivity index (χ4n) is 1.07. The summed E-state index contributed by atoms with van der Waals surface area (Å²) in [5.74, 6) is 0. The highest BCUT2D eigenvalue weighted by atomic mass is 15.1. The van der Waals surface area contributed by atoms with Gasteiger partial charge in [0.2, 0.25) is 0 Å². The van der Waals surface area contributed by atoms with Gasteiger partial charge in [-0.1, -0.05) is 13.8 Å². The van der Waals surface area contributed by atoms with Crippen molar-refractivity contribution in [3.05, 3.63) is 0 Å². The van der Waals surface area contributed by atoms with Gasteiger partial charge in [0.05, 0.1) is 0 Å². The first-order valence-electron chi connectivity index (χ1n) is 4.70. The van der Waals surface area contributed by atoms with Gasteiger partial charge in [-0.25, -0.2) is 0 Å². The Bertz CT molecular complexity index is 74.0. The molecule has 0 saturated carbocycles. The Balaban J connectivity index is 2.97. The van der Waals surface area contributed by atoms with Crippen molar-refractivity contribution in [2.75, 3.05) is 33.2 Å². The first-order chi connectivity index (χ1) is 5.31. The molecular formula is C9H22N2. The van der Waals surface area contributed by atoms with E-state index < -0.39 is 0 Å². The summed E-state index contributed by atoms with van der Waals surface area (Å²) in [6.45, 7) is 9.09. The van der Waals surface area contributed by atoms with Crippen LogP contribution in [0.2, 0.25) is 0 Å². The third-order valence-electron chi connectivity index (χ3n) is 1.70. The van der Waals surface area contributed by atoms with Crippen LogP contribution in [-0.4, -0.2) is 38.1 Å². The van der Waals surface area contributed by atoms with Crippen molar-refractivity contribution < 1.29 is 0 Å². The van der Waals surface area contributed by atoms with E-state index in [0.717, 1.165) is 13.1 Å². The van der Waals surface area contributed by atoms with Gasteiger partial charge < -0.3 is 10.2 Å². The molecule has 0 fully saturated rings. The van der Waals surface area contributed by atoms with Crippen LogP contribution in [0.1, 0.15) is 26.7 Å². The molecule has 0 aromatic heterocycles. The Morgan fingerprint density at radius 1 is 1.00 bits per heavy atom. The highest BCUT2D eigenvalue weighted by Crippen LogP contribution is 1.83. The van der Waals surface area contributed by atoms with Gasteiger partial charge in [0, 0.05) is 13.1 Å². The second kappa shape index (κ2) is 8.02. The normalized spacial score (nSPS) is 10.9. The molecule has 68 valence electrons. The lowest BCUT2D eigenvalue weighted by atomic mass is 10.4. The van der Waals surface area contributed by atoms with Crippen LogP contribution in [0.3, 0.4) is 0 Å². The highest BCUT2D eigenvalue weighted by molar-refractivity contribution is 4.52. The van der Waals surface area contributed by atoms with E-state index in [1.165, 1.54) is 25.9 Å². The van der Waals surface area contributed by atoms with Gasteiger partial charge in [-0.05, 0) is 33.0 Å². The number of likely N-dealkylation sites (N-methyl/N-ethyl adjacent to an activating group) is 1. The summed E-state index contributed by atoms with van der Waals surface area (Å²) >= 11 is 0. The molecule has 0 amide bonds. The van der Waals surface area contributed by atoms with Crippen molar-refractivity contribution in [3.8, 4) is 0 Å². The topological polar surface area (TPSA) is 15.3 Å². The summed E-state index contributed by atoms with van der Waals surface area (Å²) in [6, 6.07) is 0. The lowest BCUT2D eigenvalue weighted by Crippen LogP contribution is -2.30. The molecule has 0 bridgehead atoms. The molecule has 0 rings (SSSR count). The molecule has 0 aromatic carbocycles. The largest absolute Gasteiger partial charge is 0.315 e. The third kappa shape index (κ3) is 7.82. The monoisotopic (exact) mass is 158 g/mol. The predicted molar refractivity (Wildman–Crippen MR) is 50.9 cm³/mol.